The Kier molecular flexibility index (Phi) is 4.18. The van der Waals surface area contributed by atoms with Gasteiger partial charge in [0.2, 0.25) is 0 Å². The van der Waals surface area contributed by atoms with E-state index in [4.69, 9.17) is 4.74 Å². The van der Waals surface area contributed by atoms with Crippen LogP contribution in [0, 0.1) is 17.3 Å². The number of hydrogen-bond acceptors (Lipinski definition) is 3. The highest BCUT2D eigenvalue weighted by Gasteiger charge is 2.53. The first-order chi connectivity index (χ1) is 11.4. The fourth-order valence-corrected chi connectivity index (χ4v) is 3.35. The lowest BCUT2D eigenvalue weighted by molar-refractivity contribution is -0.148. The summed E-state index contributed by atoms with van der Waals surface area (Å²) in [4.78, 5) is 23.6. The molecule has 1 aromatic rings. The van der Waals surface area contributed by atoms with Gasteiger partial charge >= 0.3 is 11.9 Å². The van der Waals surface area contributed by atoms with Crippen molar-refractivity contribution in [2.75, 3.05) is 0 Å². The summed E-state index contributed by atoms with van der Waals surface area (Å²) in [6, 6.07) is 9.46. The SMILES string of the molecule is CC1(C(=O)O)C=CC(OCc2ccccc2)=C(C(=O)O)C1C1CC1. The van der Waals surface area contributed by atoms with Crippen molar-refractivity contribution in [1.82, 2.24) is 0 Å². The van der Waals surface area contributed by atoms with E-state index < -0.39 is 23.3 Å². The molecule has 3 rings (SSSR count). The molecule has 1 fully saturated rings. The Morgan fingerprint density at radius 1 is 1.21 bits per heavy atom. The third-order valence-corrected chi connectivity index (χ3v) is 4.83. The highest BCUT2D eigenvalue weighted by atomic mass is 16.5. The topological polar surface area (TPSA) is 83.8 Å². The van der Waals surface area contributed by atoms with Gasteiger partial charge in [0.1, 0.15) is 12.4 Å². The summed E-state index contributed by atoms with van der Waals surface area (Å²) in [5.74, 6) is -2.33. The fourth-order valence-electron chi connectivity index (χ4n) is 3.35. The van der Waals surface area contributed by atoms with Gasteiger partial charge in [0.15, 0.2) is 0 Å². The predicted molar refractivity (Wildman–Crippen MR) is 87.0 cm³/mol. The van der Waals surface area contributed by atoms with Gasteiger partial charge < -0.3 is 14.9 Å². The van der Waals surface area contributed by atoms with E-state index in [1.54, 1.807) is 13.0 Å². The molecule has 0 bridgehead atoms. The molecule has 2 aliphatic carbocycles. The van der Waals surface area contributed by atoms with E-state index in [2.05, 4.69) is 0 Å². The summed E-state index contributed by atoms with van der Waals surface area (Å²) >= 11 is 0. The summed E-state index contributed by atoms with van der Waals surface area (Å²) in [7, 11) is 0. The maximum absolute atomic E-state index is 11.9. The number of rotatable bonds is 6. The van der Waals surface area contributed by atoms with E-state index in [1.165, 1.54) is 6.08 Å². The summed E-state index contributed by atoms with van der Waals surface area (Å²) in [5, 5.41) is 19.3. The molecule has 2 N–H and O–H groups in total. The molecule has 2 aliphatic rings. The number of benzene rings is 1. The second kappa shape index (κ2) is 6.15. The predicted octanol–water partition coefficient (Wildman–Crippen LogP) is 3.23. The van der Waals surface area contributed by atoms with Crippen LogP contribution in [0.25, 0.3) is 0 Å². The van der Waals surface area contributed by atoms with Crippen molar-refractivity contribution in [3.63, 3.8) is 0 Å². The molecule has 1 aromatic carbocycles. The Morgan fingerprint density at radius 3 is 2.42 bits per heavy atom. The van der Waals surface area contributed by atoms with Crippen molar-refractivity contribution in [1.29, 1.82) is 0 Å². The van der Waals surface area contributed by atoms with Gasteiger partial charge in [-0.1, -0.05) is 36.4 Å². The molecule has 5 heteroatoms. The average Bonchev–Trinajstić information content (AvgIpc) is 3.38. The Morgan fingerprint density at radius 2 is 1.88 bits per heavy atom. The maximum atomic E-state index is 11.9. The Hall–Kier alpha value is -2.56. The largest absolute Gasteiger partial charge is 0.488 e. The van der Waals surface area contributed by atoms with Crippen molar-refractivity contribution in [2.45, 2.75) is 26.4 Å². The number of carbonyl (C=O) groups is 2. The zero-order valence-corrected chi connectivity index (χ0v) is 13.4. The quantitative estimate of drug-likeness (QED) is 0.837. The molecule has 1 saturated carbocycles. The van der Waals surface area contributed by atoms with E-state index in [1.807, 2.05) is 30.3 Å². The third-order valence-electron chi connectivity index (χ3n) is 4.83. The van der Waals surface area contributed by atoms with Gasteiger partial charge in [-0.2, -0.15) is 0 Å². The van der Waals surface area contributed by atoms with Crippen LogP contribution in [0.3, 0.4) is 0 Å². The normalized spacial score (nSPS) is 26.3. The Balaban J connectivity index is 1.93. The monoisotopic (exact) mass is 328 g/mol. The van der Waals surface area contributed by atoms with Crippen LogP contribution >= 0.6 is 0 Å². The lowest BCUT2D eigenvalue weighted by Gasteiger charge is -2.35. The lowest BCUT2D eigenvalue weighted by Crippen LogP contribution is -2.40. The molecule has 0 saturated heterocycles. The number of hydrogen-bond donors (Lipinski definition) is 2. The van der Waals surface area contributed by atoms with Crippen molar-refractivity contribution in [3.8, 4) is 0 Å². The van der Waals surface area contributed by atoms with E-state index in [-0.39, 0.29) is 23.9 Å². The summed E-state index contributed by atoms with van der Waals surface area (Å²) in [6.45, 7) is 1.84. The van der Waals surface area contributed by atoms with E-state index >= 15 is 0 Å². The van der Waals surface area contributed by atoms with E-state index in [0.717, 1.165) is 18.4 Å². The number of allylic oxidation sites excluding steroid dienone is 1. The van der Waals surface area contributed by atoms with Gasteiger partial charge in [-0.3, -0.25) is 4.79 Å². The number of ether oxygens (including phenoxy) is 1. The van der Waals surface area contributed by atoms with Gasteiger partial charge in [0, 0.05) is 5.92 Å². The van der Waals surface area contributed by atoms with E-state index in [0.29, 0.717) is 0 Å². The molecule has 2 unspecified atom stereocenters. The second-order valence-electron chi connectivity index (χ2n) is 6.59. The minimum Gasteiger partial charge on any atom is -0.488 e. The Bertz CT molecular complexity index is 715. The van der Waals surface area contributed by atoms with Crippen molar-refractivity contribution < 1.29 is 24.5 Å². The zero-order valence-electron chi connectivity index (χ0n) is 13.4. The lowest BCUT2D eigenvalue weighted by atomic mass is 9.67. The zero-order chi connectivity index (χ0) is 17.3. The molecule has 2 atom stereocenters. The van der Waals surface area contributed by atoms with Gasteiger partial charge in [-0.25, -0.2) is 4.79 Å². The van der Waals surface area contributed by atoms with Crippen molar-refractivity contribution >= 4 is 11.9 Å². The van der Waals surface area contributed by atoms with Crippen LogP contribution in [0.5, 0.6) is 0 Å². The van der Waals surface area contributed by atoms with Gasteiger partial charge in [0.05, 0.1) is 11.0 Å². The van der Waals surface area contributed by atoms with Crippen LogP contribution in [0.15, 0.2) is 53.8 Å². The molecule has 0 radical (unpaired) electrons. The minimum atomic E-state index is -1.21. The average molecular weight is 328 g/mol. The maximum Gasteiger partial charge on any atom is 0.335 e. The van der Waals surface area contributed by atoms with Crippen LogP contribution < -0.4 is 0 Å². The van der Waals surface area contributed by atoms with Crippen molar-refractivity contribution in [2.24, 2.45) is 17.3 Å². The number of carboxylic acid groups (broad SMARTS) is 2. The highest BCUT2D eigenvalue weighted by Crippen LogP contribution is 2.53. The first kappa shape index (κ1) is 16.3. The molecule has 126 valence electrons. The fraction of sp³-hybridized carbons (Fsp3) is 0.368. The molecular formula is C19H20O5. The molecule has 0 heterocycles. The summed E-state index contributed by atoms with van der Waals surface area (Å²) < 4.78 is 5.74. The molecule has 0 amide bonds. The van der Waals surface area contributed by atoms with Crippen LogP contribution in [-0.2, 0) is 20.9 Å². The first-order valence-corrected chi connectivity index (χ1v) is 8.00. The molecule has 0 aliphatic heterocycles. The number of carboxylic acids is 2. The van der Waals surface area contributed by atoms with Crippen LogP contribution in [0.2, 0.25) is 0 Å². The Labute approximate surface area is 140 Å². The smallest absolute Gasteiger partial charge is 0.335 e. The number of aliphatic carboxylic acids is 2. The van der Waals surface area contributed by atoms with Crippen molar-refractivity contribution in [3.05, 3.63) is 59.4 Å². The summed E-state index contributed by atoms with van der Waals surface area (Å²) in [5.41, 5.74) is -0.201. The molecule has 24 heavy (non-hydrogen) atoms. The van der Waals surface area contributed by atoms with Crippen LogP contribution in [0.4, 0.5) is 0 Å². The van der Waals surface area contributed by atoms with Gasteiger partial charge in [-0.05, 0) is 37.3 Å². The third kappa shape index (κ3) is 2.94. The van der Waals surface area contributed by atoms with Crippen LogP contribution in [-0.4, -0.2) is 22.2 Å². The highest BCUT2D eigenvalue weighted by molar-refractivity contribution is 5.92. The standard InChI is InChI=1S/C19H20O5/c1-19(18(22)23)10-9-14(24-11-12-5-3-2-4-6-12)15(17(20)21)16(19)13-7-8-13/h2-6,9-10,13,16H,7-8,11H2,1H3,(H,20,21)(H,22,23). The van der Waals surface area contributed by atoms with E-state index in [9.17, 15) is 19.8 Å². The molecule has 0 spiro atoms. The molecular weight excluding hydrogens is 308 g/mol. The van der Waals surface area contributed by atoms with Gasteiger partial charge in [0.25, 0.3) is 0 Å². The molecule has 5 nitrogen and oxygen atoms in total. The second-order valence-corrected chi connectivity index (χ2v) is 6.59. The summed E-state index contributed by atoms with van der Waals surface area (Å²) in [6.07, 6.45) is 4.78. The van der Waals surface area contributed by atoms with Crippen LogP contribution in [0.1, 0.15) is 25.3 Å². The minimum absolute atomic E-state index is 0.0810. The first-order valence-electron chi connectivity index (χ1n) is 8.00. The molecule has 0 aromatic heterocycles. The van der Waals surface area contributed by atoms with Gasteiger partial charge in [-0.15, -0.1) is 0 Å².